The standard InChI is InChI=1S/C11H13N3/c1-6-4-8(12)5-9-10(6)13-14-11(9)7-2-3-7/h4-5,7H,2-3,12H2,1H3,(H,13,14). The molecule has 1 saturated carbocycles. The number of nitrogens with two attached hydrogens (primary N) is 1. The highest BCUT2D eigenvalue weighted by molar-refractivity contribution is 5.88. The highest BCUT2D eigenvalue weighted by atomic mass is 15.1. The number of rotatable bonds is 1. The minimum Gasteiger partial charge on any atom is -0.399 e. The fourth-order valence-electron chi connectivity index (χ4n) is 2.02. The van der Waals surface area contributed by atoms with Gasteiger partial charge in [0.25, 0.3) is 0 Å². The monoisotopic (exact) mass is 187 g/mol. The fourth-order valence-corrected chi connectivity index (χ4v) is 2.02. The predicted molar refractivity (Wildman–Crippen MR) is 57.2 cm³/mol. The van der Waals surface area contributed by atoms with Crippen molar-refractivity contribution in [3.8, 4) is 0 Å². The number of anilines is 1. The van der Waals surface area contributed by atoms with E-state index in [4.69, 9.17) is 5.73 Å². The number of benzene rings is 1. The average Bonchev–Trinajstić information content (AvgIpc) is 2.87. The fraction of sp³-hybridized carbons (Fsp3) is 0.364. The summed E-state index contributed by atoms with van der Waals surface area (Å²) in [6.07, 6.45) is 2.57. The van der Waals surface area contributed by atoms with E-state index in [0.717, 1.165) is 16.8 Å². The lowest BCUT2D eigenvalue weighted by atomic mass is 10.1. The van der Waals surface area contributed by atoms with Crippen LogP contribution in [0.25, 0.3) is 10.9 Å². The van der Waals surface area contributed by atoms with Gasteiger partial charge in [0.15, 0.2) is 0 Å². The summed E-state index contributed by atoms with van der Waals surface area (Å²) < 4.78 is 0. The Morgan fingerprint density at radius 1 is 1.43 bits per heavy atom. The zero-order chi connectivity index (χ0) is 9.71. The second-order valence-electron chi connectivity index (χ2n) is 4.15. The third kappa shape index (κ3) is 1.02. The number of nitrogen functional groups attached to an aromatic ring is 1. The molecule has 1 aromatic heterocycles. The van der Waals surface area contributed by atoms with E-state index in [0.29, 0.717) is 5.92 Å². The van der Waals surface area contributed by atoms with E-state index in [1.807, 2.05) is 12.1 Å². The molecule has 0 bridgehead atoms. The summed E-state index contributed by atoms with van der Waals surface area (Å²) in [6.45, 7) is 2.05. The predicted octanol–water partition coefficient (Wildman–Crippen LogP) is 2.33. The van der Waals surface area contributed by atoms with E-state index in [-0.39, 0.29) is 0 Å². The minimum absolute atomic E-state index is 0.696. The summed E-state index contributed by atoms with van der Waals surface area (Å²) in [5.74, 6) is 0.696. The average molecular weight is 187 g/mol. The summed E-state index contributed by atoms with van der Waals surface area (Å²) in [7, 11) is 0. The third-order valence-corrected chi connectivity index (χ3v) is 2.89. The molecule has 3 heteroatoms. The Bertz CT molecular complexity index is 494. The second-order valence-corrected chi connectivity index (χ2v) is 4.15. The SMILES string of the molecule is Cc1cc(N)cc2c(C3CC3)[nH]nc12. The van der Waals surface area contributed by atoms with Crippen molar-refractivity contribution in [1.29, 1.82) is 0 Å². The molecule has 14 heavy (non-hydrogen) atoms. The molecule has 72 valence electrons. The van der Waals surface area contributed by atoms with Gasteiger partial charge in [-0.15, -0.1) is 0 Å². The Balaban J connectivity index is 2.33. The number of fused-ring (bicyclic) bond motifs is 1. The van der Waals surface area contributed by atoms with Crippen LogP contribution in [0.3, 0.4) is 0 Å². The van der Waals surface area contributed by atoms with Crippen LogP contribution in [-0.4, -0.2) is 10.2 Å². The largest absolute Gasteiger partial charge is 0.399 e. The van der Waals surface area contributed by atoms with Gasteiger partial charge in [0, 0.05) is 22.7 Å². The van der Waals surface area contributed by atoms with E-state index in [1.165, 1.54) is 23.9 Å². The van der Waals surface area contributed by atoms with Gasteiger partial charge in [-0.1, -0.05) is 0 Å². The second kappa shape index (κ2) is 2.50. The zero-order valence-electron chi connectivity index (χ0n) is 8.17. The zero-order valence-corrected chi connectivity index (χ0v) is 8.17. The summed E-state index contributed by atoms with van der Waals surface area (Å²) in [4.78, 5) is 0. The quantitative estimate of drug-likeness (QED) is 0.673. The van der Waals surface area contributed by atoms with Crippen molar-refractivity contribution < 1.29 is 0 Å². The van der Waals surface area contributed by atoms with Crippen LogP contribution in [0.2, 0.25) is 0 Å². The lowest BCUT2D eigenvalue weighted by Gasteiger charge is -1.99. The number of nitrogens with one attached hydrogen (secondary N) is 1. The first-order valence-corrected chi connectivity index (χ1v) is 5.00. The Hall–Kier alpha value is -1.51. The molecule has 1 aliphatic carbocycles. The first-order chi connectivity index (χ1) is 6.75. The van der Waals surface area contributed by atoms with Crippen molar-refractivity contribution >= 4 is 16.6 Å². The van der Waals surface area contributed by atoms with E-state index >= 15 is 0 Å². The van der Waals surface area contributed by atoms with Crippen LogP contribution in [0.5, 0.6) is 0 Å². The first-order valence-electron chi connectivity index (χ1n) is 5.00. The van der Waals surface area contributed by atoms with Crippen LogP contribution in [0.4, 0.5) is 5.69 Å². The number of aryl methyl sites for hydroxylation is 1. The van der Waals surface area contributed by atoms with Crippen molar-refractivity contribution in [3.63, 3.8) is 0 Å². The van der Waals surface area contributed by atoms with E-state index in [2.05, 4.69) is 17.1 Å². The van der Waals surface area contributed by atoms with E-state index in [9.17, 15) is 0 Å². The van der Waals surface area contributed by atoms with E-state index in [1.54, 1.807) is 0 Å². The number of H-pyrrole nitrogens is 1. The summed E-state index contributed by atoms with van der Waals surface area (Å²) >= 11 is 0. The molecule has 0 spiro atoms. The molecule has 0 radical (unpaired) electrons. The van der Waals surface area contributed by atoms with Crippen LogP contribution in [0.1, 0.15) is 30.0 Å². The Labute approximate surface area is 82.3 Å². The molecule has 0 aliphatic heterocycles. The number of hydrogen-bond donors (Lipinski definition) is 2. The summed E-state index contributed by atoms with van der Waals surface area (Å²) in [5, 5.41) is 8.69. The summed E-state index contributed by atoms with van der Waals surface area (Å²) in [6, 6.07) is 4.00. The van der Waals surface area contributed by atoms with E-state index < -0.39 is 0 Å². The van der Waals surface area contributed by atoms with Gasteiger partial charge in [-0.2, -0.15) is 5.10 Å². The van der Waals surface area contributed by atoms with Gasteiger partial charge in [0.05, 0.1) is 5.52 Å². The van der Waals surface area contributed by atoms with Crippen molar-refractivity contribution in [2.24, 2.45) is 0 Å². The number of aromatic amines is 1. The number of aromatic nitrogens is 2. The number of nitrogens with zero attached hydrogens (tertiary/aromatic N) is 1. The number of hydrogen-bond acceptors (Lipinski definition) is 2. The topological polar surface area (TPSA) is 54.7 Å². The van der Waals surface area contributed by atoms with Gasteiger partial charge in [-0.25, -0.2) is 0 Å². The molecule has 1 aromatic carbocycles. The molecule has 1 fully saturated rings. The molecule has 0 saturated heterocycles. The molecule has 3 rings (SSSR count). The maximum atomic E-state index is 5.83. The normalized spacial score (nSPS) is 16.4. The van der Waals surface area contributed by atoms with Crippen LogP contribution >= 0.6 is 0 Å². The molecule has 0 amide bonds. The molecule has 1 aliphatic rings. The maximum absolute atomic E-state index is 5.83. The van der Waals surface area contributed by atoms with Crippen molar-refractivity contribution in [2.75, 3.05) is 5.73 Å². The van der Waals surface area contributed by atoms with Crippen molar-refractivity contribution in [3.05, 3.63) is 23.4 Å². The minimum atomic E-state index is 0.696. The van der Waals surface area contributed by atoms with Gasteiger partial charge < -0.3 is 5.73 Å². The van der Waals surface area contributed by atoms with Gasteiger partial charge in [0.2, 0.25) is 0 Å². The van der Waals surface area contributed by atoms with Gasteiger partial charge in [-0.3, -0.25) is 5.10 Å². The van der Waals surface area contributed by atoms with Crippen LogP contribution < -0.4 is 5.73 Å². The molecule has 1 heterocycles. The third-order valence-electron chi connectivity index (χ3n) is 2.89. The van der Waals surface area contributed by atoms with Gasteiger partial charge >= 0.3 is 0 Å². The molecule has 2 aromatic rings. The smallest absolute Gasteiger partial charge is 0.0954 e. The van der Waals surface area contributed by atoms with Crippen LogP contribution in [-0.2, 0) is 0 Å². The van der Waals surface area contributed by atoms with Crippen LogP contribution in [0, 0.1) is 6.92 Å². The highest BCUT2D eigenvalue weighted by Crippen LogP contribution is 2.42. The first kappa shape index (κ1) is 7.85. The molecule has 3 N–H and O–H groups in total. The molecular formula is C11H13N3. The lowest BCUT2D eigenvalue weighted by Crippen LogP contribution is -1.87. The molecule has 0 unspecified atom stereocenters. The van der Waals surface area contributed by atoms with Gasteiger partial charge in [-0.05, 0) is 37.5 Å². The van der Waals surface area contributed by atoms with Crippen molar-refractivity contribution in [2.45, 2.75) is 25.7 Å². The Morgan fingerprint density at radius 3 is 2.93 bits per heavy atom. The Morgan fingerprint density at radius 2 is 2.21 bits per heavy atom. The highest BCUT2D eigenvalue weighted by Gasteiger charge is 2.27. The molecule has 3 nitrogen and oxygen atoms in total. The van der Waals surface area contributed by atoms with Crippen molar-refractivity contribution in [1.82, 2.24) is 10.2 Å². The molecular weight excluding hydrogens is 174 g/mol. The Kier molecular flexibility index (Phi) is 1.40. The van der Waals surface area contributed by atoms with Crippen LogP contribution in [0.15, 0.2) is 12.1 Å². The summed E-state index contributed by atoms with van der Waals surface area (Å²) in [5.41, 5.74) is 10.2. The van der Waals surface area contributed by atoms with Gasteiger partial charge in [0.1, 0.15) is 0 Å². The molecule has 0 atom stereocenters. The lowest BCUT2D eigenvalue weighted by molar-refractivity contribution is 0.977. The maximum Gasteiger partial charge on any atom is 0.0954 e.